The van der Waals surface area contributed by atoms with Gasteiger partial charge in [0.05, 0.1) is 11.2 Å². The fourth-order valence-corrected chi connectivity index (χ4v) is 3.10. The first kappa shape index (κ1) is 16.9. The van der Waals surface area contributed by atoms with E-state index in [0.29, 0.717) is 31.5 Å². The van der Waals surface area contributed by atoms with Crippen molar-refractivity contribution in [1.29, 1.82) is 0 Å². The fraction of sp³-hybridized carbons (Fsp3) is 0.389. The Labute approximate surface area is 138 Å². The minimum Gasteiger partial charge on any atom is -0.385 e. The third kappa shape index (κ3) is 3.76. The van der Waals surface area contributed by atoms with Gasteiger partial charge in [0.2, 0.25) is 0 Å². The van der Waals surface area contributed by atoms with Gasteiger partial charge in [0.1, 0.15) is 0 Å². The molecule has 6 heteroatoms. The summed E-state index contributed by atoms with van der Waals surface area (Å²) >= 11 is 0. The second kappa shape index (κ2) is 6.53. The Hall–Kier alpha value is -1.92. The standard InChI is InChI=1S/C18H19F3N2O/c19-18(20,21)16-5-1-4-15(11-16)17(24)6-9-23(10-7-17)13-14-3-2-8-22-12-14/h1-5,8,11-12,24H,6-7,9-10,13H2. The molecule has 0 spiro atoms. The van der Waals surface area contributed by atoms with Gasteiger partial charge in [-0.3, -0.25) is 9.88 Å². The number of aliphatic hydroxyl groups is 1. The highest BCUT2D eigenvalue weighted by Gasteiger charge is 2.36. The van der Waals surface area contributed by atoms with Crippen molar-refractivity contribution in [2.24, 2.45) is 0 Å². The summed E-state index contributed by atoms with van der Waals surface area (Å²) in [6.45, 7) is 1.98. The zero-order valence-electron chi connectivity index (χ0n) is 13.1. The summed E-state index contributed by atoms with van der Waals surface area (Å²) in [5.41, 5.74) is -0.487. The Morgan fingerprint density at radius 3 is 2.50 bits per heavy atom. The maximum absolute atomic E-state index is 12.9. The van der Waals surface area contributed by atoms with Crippen LogP contribution >= 0.6 is 0 Å². The van der Waals surface area contributed by atoms with Gasteiger partial charge in [-0.25, -0.2) is 0 Å². The van der Waals surface area contributed by atoms with E-state index in [9.17, 15) is 18.3 Å². The van der Waals surface area contributed by atoms with Crippen LogP contribution in [-0.4, -0.2) is 28.1 Å². The van der Waals surface area contributed by atoms with E-state index in [2.05, 4.69) is 9.88 Å². The number of aromatic nitrogens is 1. The molecule has 1 aromatic carbocycles. The Bertz CT molecular complexity index is 680. The molecule has 1 fully saturated rings. The zero-order valence-corrected chi connectivity index (χ0v) is 13.1. The molecule has 0 amide bonds. The molecule has 1 N–H and O–H groups in total. The third-order valence-electron chi connectivity index (χ3n) is 4.54. The van der Waals surface area contributed by atoms with Crippen LogP contribution in [0.5, 0.6) is 0 Å². The number of benzene rings is 1. The second-order valence-corrected chi connectivity index (χ2v) is 6.25. The number of pyridine rings is 1. The molecule has 0 bridgehead atoms. The molecule has 1 aliphatic rings. The van der Waals surface area contributed by atoms with Gasteiger partial charge in [0.15, 0.2) is 0 Å². The number of halogens is 3. The van der Waals surface area contributed by atoms with Crippen LogP contribution in [0.3, 0.4) is 0 Å². The van der Waals surface area contributed by atoms with Crippen molar-refractivity contribution < 1.29 is 18.3 Å². The molecule has 1 saturated heterocycles. The molecule has 128 valence electrons. The highest BCUT2D eigenvalue weighted by Crippen LogP contribution is 2.36. The Morgan fingerprint density at radius 2 is 1.88 bits per heavy atom. The minimum atomic E-state index is -4.40. The lowest BCUT2D eigenvalue weighted by Crippen LogP contribution is -2.42. The van der Waals surface area contributed by atoms with Crippen molar-refractivity contribution in [3.63, 3.8) is 0 Å². The number of hydrogen-bond acceptors (Lipinski definition) is 3. The quantitative estimate of drug-likeness (QED) is 0.931. The van der Waals surface area contributed by atoms with Crippen molar-refractivity contribution in [1.82, 2.24) is 9.88 Å². The summed E-state index contributed by atoms with van der Waals surface area (Å²) in [5, 5.41) is 10.8. The van der Waals surface area contributed by atoms with Gasteiger partial charge in [-0.2, -0.15) is 13.2 Å². The van der Waals surface area contributed by atoms with Crippen molar-refractivity contribution in [3.05, 3.63) is 65.5 Å². The van der Waals surface area contributed by atoms with Crippen LogP contribution in [0.2, 0.25) is 0 Å². The maximum atomic E-state index is 12.9. The number of alkyl halides is 3. The molecule has 0 saturated carbocycles. The summed E-state index contributed by atoms with van der Waals surface area (Å²) in [6.07, 6.45) is -0.0593. The van der Waals surface area contributed by atoms with Crippen molar-refractivity contribution in [3.8, 4) is 0 Å². The van der Waals surface area contributed by atoms with E-state index in [1.54, 1.807) is 18.5 Å². The lowest BCUT2D eigenvalue weighted by Gasteiger charge is -2.38. The second-order valence-electron chi connectivity index (χ2n) is 6.25. The molecule has 0 unspecified atom stereocenters. The van der Waals surface area contributed by atoms with Gasteiger partial charge in [0, 0.05) is 32.0 Å². The topological polar surface area (TPSA) is 36.4 Å². The molecule has 2 heterocycles. The monoisotopic (exact) mass is 336 g/mol. The average Bonchev–Trinajstić information content (AvgIpc) is 2.57. The largest absolute Gasteiger partial charge is 0.416 e. The molecule has 1 aromatic heterocycles. The Balaban J connectivity index is 1.68. The number of rotatable bonds is 3. The fourth-order valence-electron chi connectivity index (χ4n) is 3.10. The Morgan fingerprint density at radius 1 is 1.12 bits per heavy atom. The number of likely N-dealkylation sites (tertiary alicyclic amines) is 1. The molecule has 3 rings (SSSR count). The van der Waals surface area contributed by atoms with E-state index in [0.717, 1.165) is 24.2 Å². The first-order chi connectivity index (χ1) is 11.4. The maximum Gasteiger partial charge on any atom is 0.416 e. The summed E-state index contributed by atoms with van der Waals surface area (Å²) in [5.74, 6) is 0. The van der Waals surface area contributed by atoms with Crippen molar-refractivity contribution >= 4 is 0 Å². The molecule has 0 radical (unpaired) electrons. The van der Waals surface area contributed by atoms with Gasteiger partial charge in [-0.15, -0.1) is 0 Å². The number of nitrogens with zero attached hydrogens (tertiary/aromatic N) is 2. The minimum absolute atomic E-state index is 0.346. The molecule has 2 aromatic rings. The highest BCUT2D eigenvalue weighted by molar-refractivity contribution is 5.30. The number of hydrogen-bond donors (Lipinski definition) is 1. The van der Waals surface area contributed by atoms with E-state index < -0.39 is 17.3 Å². The van der Waals surface area contributed by atoms with Crippen LogP contribution in [0.4, 0.5) is 13.2 Å². The molecule has 0 atom stereocenters. The highest BCUT2D eigenvalue weighted by atomic mass is 19.4. The summed E-state index contributed by atoms with van der Waals surface area (Å²) in [6, 6.07) is 8.89. The van der Waals surface area contributed by atoms with Gasteiger partial charge in [-0.1, -0.05) is 18.2 Å². The number of piperidine rings is 1. The van der Waals surface area contributed by atoms with Crippen molar-refractivity contribution in [2.45, 2.75) is 31.2 Å². The van der Waals surface area contributed by atoms with Crippen LogP contribution in [-0.2, 0) is 18.3 Å². The third-order valence-corrected chi connectivity index (χ3v) is 4.54. The smallest absolute Gasteiger partial charge is 0.385 e. The zero-order chi connectivity index (χ0) is 17.2. The van der Waals surface area contributed by atoms with Gasteiger partial charge in [-0.05, 0) is 42.2 Å². The predicted octanol–water partition coefficient (Wildman–Crippen LogP) is 3.58. The first-order valence-electron chi connectivity index (χ1n) is 7.88. The molecular weight excluding hydrogens is 317 g/mol. The van der Waals surface area contributed by atoms with E-state index in [1.165, 1.54) is 6.07 Å². The lowest BCUT2D eigenvalue weighted by molar-refractivity contribution is -0.137. The van der Waals surface area contributed by atoms with Crippen LogP contribution < -0.4 is 0 Å². The molecular formula is C18H19F3N2O. The predicted molar refractivity (Wildman–Crippen MR) is 84.1 cm³/mol. The molecule has 24 heavy (non-hydrogen) atoms. The molecule has 3 nitrogen and oxygen atoms in total. The Kier molecular flexibility index (Phi) is 4.60. The van der Waals surface area contributed by atoms with Gasteiger partial charge >= 0.3 is 6.18 Å². The van der Waals surface area contributed by atoms with Crippen LogP contribution in [0.25, 0.3) is 0 Å². The average molecular weight is 336 g/mol. The van der Waals surface area contributed by atoms with Crippen LogP contribution in [0, 0.1) is 0 Å². The lowest BCUT2D eigenvalue weighted by atomic mass is 9.83. The molecule has 0 aliphatic carbocycles. The summed E-state index contributed by atoms with van der Waals surface area (Å²) in [7, 11) is 0. The van der Waals surface area contributed by atoms with Gasteiger partial charge in [0.25, 0.3) is 0 Å². The van der Waals surface area contributed by atoms with Crippen LogP contribution in [0.1, 0.15) is 29.5 Å². The normalized spacial score (nSPS) is 18.5. The van der Waals surface area contributed by atoms with E-state index >= 15 is 0 Å². The van der Waals surface area contributed by atoms with Crippen molar-refractivity contribution in [2.75, 3.05) is 13.1 Å². The summed E-state index contributed by atoms with van der Waals surface area (Å²) < 4.78 is 38.6. The van der Waals surface area contributed by atoms with E-state index in [1.807, 2.05) is 12.1 Å². The molecule has 1 aliphatic heterocycles. The van der Waals surface area contributed by atoms with E-state index in [4.69, 9.17) is 0 Å². The SMILES string of the molecule is OC1(c2cccc(C(F)(F)F)c2)CCN(Cc2cccnc2)CC1. The first-order valence-corrected chi connectivity index (χ1v) is 7.88. The van der Waals surface area contributed by atoms with Gasteiger partial charge < -0.3 is 5.11 Å². The summed E-state index contributed by atoms with van der Waals surface area (Å²) in [4.78, 5) is 6.26. The van der Waals surface area contributed by atoms with E-state index in [-0.39, 0.29) is 0 Å². The van der Waals surface area contributed by atoms with Crippen LogP contribution in [0.15, 0.2) is 48.8 Å².